The average molecular weight is 248 g/mol. The first-order valence-electron chi connectivity index (χ1n) is 6.08. The van der Waals surface area contributed by atoms with Gasteiger partial charge in [-0.2, -0.15) is 0 Å². The molecule has 96 valence electrons. The first kappa shape index (κ1) is 11.2. The number of hydrogen-bond acceptors (Lipinski definition) is 5. The summed E-state index contributed by atoms with van der Waals surface area (Å²) in [6, 6.07) is 0.267. The molecule has 3 heterocycles. The lowest BCUT2D eigenvalue weighted by Crippen LogP contribution is -2.52. The monoisotopic (exact) mass is 248 g/mol. The number of nitrogens with zero attached hydrogens (tertiary/aromatic N) is 4. The van der Waals surface area contributed by atoms with Crippen molar-refractivity contribution < 1.29 is 4.79 Å². The molecule has 3 N–H and O–H groups in total. The van der Waals surface area contributed by atoms with Crippen molar-refractivity contribution in [3.05, 3.63) is 18.0 Å². The Balaban J connectivity index is 1.72. The number of urea groups is 1. The van der Waals surface area contributed by atoms with E-state index < -0.39 is 0 Å². The van der Waals surface area contributed by atoms with Crippen LogP contribution in [-0.4, -0.2) is 53.1 Å². The Morgan fingerprint density at radius 3 is 2.89 bits per heavy atom. The molecule has 2 saturated heterocycles. The van der Waals surface area contributed by atoms with Crippen LogP contribution >= 0.6 is 0 Å². The largest absolute Gasteiger partial charge is 0.337 e. The van der Waals surface area contributed by atoms with Crippen LogP contribution in [0.15, 0.2) is 12.4 Å². The lowest BCUT2D eigenvalue weighted by molar-refractivity contribution is 0.197. The van der Waals surface area contributed by atoms with Crippen molar-refractivity contribution in [2.45, 2.75) is 12.6 Å². The molecule has 7 nitrogen and oxygen atoms in total. The van der Waals surface area contributed by atoms with E-state index >= 15 is 0 Å². The van der Waals surface area contributed by atoms with Gasteiger partial charge in [-0.25, -0.2) is 14.8 Å². The van der Waals surface area contributed by atoms with Crippen molar-refractivity contribution in [3.8, 4) is 0 Å². The molecule has 1 atom stereocenters. The molecule has 3 rings (SSSR count). The molecular weight excluding hydrogens is 232 g/mol. The van der Waals surface area contributed by atoms with E-state index in [1.165, 1.54) is 0 Å². The molecule has 2 aliphatic rings. The number of hydrogen-bond donors (Lipinski definition) is 2. The summed E-state index contributed by atoms with van der Waals surface area (Å²) in [5.41, 5.74) is 6.44. The number of rotatable bonds is 2. The van der Waals surface area contributed by atoms with Crippen LogP contribution in [0, 0.1) is 0 Å². The lowest BCUT2D eigenvalue weighted by atomic mass is 10.2. The van der Waals surface area contributed by atoms with Gasteiger partial charge in [-0.3, -0.25) is 0 Å². The smallest absolute Gasteiger partial charge is 0.317 e. The van der Waals surface area contributed by atoms with Crippen LogP contribution in [-0.2, 0) is 6.54 Å². The summed E-state index contributed by atoms with van der Waals surface area (Å²) in [7, 11) is 0. The Hall–Kier alpha value is -1.89. The van der Waals surface area contributed by atoms with Crippen molar-refractivity contribution in [3.63, 3.8) is 0 Å². The van der Waals surface area contributed by atoms with E-state index in [4.69, 9.17) is 5.73 Å². The molecule has 0 aromatic carbocycles. The second-order valence-corrected chi connectivity index (χ2v) is 4.57. The van der Waals surface area contributed by atoms with Crippen molar-refractivity contribution in [2.75, 3.05) is 31.1 Å². The molecule has 0 aliphatic carbocycles. The van der Waals surface area contributed by atoms with Crippen LogP contribution in [0.1, 0.15) is 5.56 Å². The van der Waals surface area contributed by atoms with Crippen LogP contribution in [0.3, 0.4) is 0 Å². The zero-order valence-electron chi connectivity index (χ0n) is 10.0. The predicted octanol–water partition coefficient (Wildman–Crippen LogP) is -0.851. The highest BCUT2D eigenvalue weighted by Crippen LogP contribution is 2.17. The summed E-state index contributed by atoms with van der Waals surface area (Å²) in [5.74, 6) is 0.714. The molecule has 1 unspecified atom stereocenters. The third-order valence-electron chi connectivity index (χ3n) is 3.44. The Morgan fingerprint density at radius 2 is 2.17 bits per heavy atom. The first-order valence-corrected chi connectivity index (χ1v) is 6.08. The molecule has 7 heteroatoms. The second kappa shape index (κ2) is 4.41. The first-order chi connectivity index (χ1) is 8.78. The Labute approximate surface area is 105 Å². The fourth-order valence-electron chi connectivity index (χ4n) is 2.40. The second-order valence-electron chi connectivity index (χ2n) is 4.57. The number of anilines is 1. The SMILES string of the molecule is NCc1cnc(N2CCN3C(=O)NCC3C2)nc1. The highest BCUT2D eigenvalue weighted by Gasteiger charge is 2.35. The van der Waals surface area contributed by atoms with Crippen molar-refractivity contribution >= 4 is 12.0 Å². The van der Waals surface area contributed by atoms with Gasteiger partial charge in [-0.05, 0) is 0 Å². The quantitative estimate of drug-likeness (QED) is 0.712. The number of carbonyl (C=O) groups is 1. The van der Waals surface area contributed by atoms with Gasteiger partial charge >= 0.3 is 6.03 Å². The van der Waals surface area contributed by atoms with Crippen molar-refractivity contribution in [1.29, 1.82) is 0 Å². The van der Waals surface area contributed by atoms with Gasteiger partial charge in [0.05, 0.1) is 6.04 Å². The van der Waals surface area contributed by atoms with E-state index in [0.717, 1.165) is 25.2 Å². The highest BCUT2D eigenvalue weighted by molar-refractivity contribution is 5.77. The van der Waals surface area contributed by atoms with E-state index in [0.29, 0.717) is 19.0 Å². The maximum atomic E-state index is 11.5. The number of aromatic nitrogens is 2. The van der Waals surface area contributed by atoms with Gasteiger partial charge in [0.25, 0.3) is 0 Å². The van der Waals surface area contributed by atoms with Crippen LogP contribution in [0.4, 0.5) is 10.7 Å². The summed E-state index contributed by atoms with van der Waals surface area (Å²) in [6.45, 7) is 3.43. The minimum Gasteiger partial charge on any atom is -0.337 e. The summed E-state index contributed by atoms with van der Waals surface area (Å²) in [6.07, 6.45) is 3.51. The molecule has 0 bridgehead atoms. The van der Waals surface area contributed by atoms with Gasteiger partial charge in [-0.1, -0.05) is 0 Å². The number of nitrogens with two attached hydrogens (primary N) is 1. The number of fused-ring (bicyclic) bond motifs is 1. The summed E-state index contributed by atoms with van der Waals surface area (Å²) >= 11 is 0. The number of carbonyl (C=O) groups excluding carboxylic acids is 1. The zero-order chi connectivity index (χ0) is 12.5. The van der Waals surface area contributed by atoms with Crippen LogP contribution in [0.25, 0.3) is 0 Å². The maximum absolute atomic E-state index is 11.5. The van der Waals surface area contributed by atoms with Gasteiger partial charge in [0.1, 0.15) is 0 Å². The van der Waals surface area contributed by atoms with Gasteiger partial charge in [0, 0.05) is 50.7 Å². The van der Waals surface area contributed by atoms with E-state index in [1.54, 1.807) is 12.4 Å². The normalized spacial score (nSPS) is 22.9. The lowest BCUT2D eigenvalue weighted by Gasteiger charge is -2.36. The molecule has 2 aliphatic heterocycles. The summed E-state index contributed by atoms with van der Waals surface area (Å²) < 4.78 is 0. The minimum absolute atomic E-state index is 0.0408. The van der Waals surface area contributed by atoms with Gasteiger partial charge < -0.3 is 20.9 Å². The third-order valence-corrected chi connectivity index (χ3v) is 3.44. The maximum Gasteiger partial charge on any atom is 0.317 e. The number of piperazine rings is 1. The third kappa shape index (κ3) is 1.86. The number of nitrogens with one attached hydrogen (secondary N) is 1. The van der Waals surface area contributed by atoms with Crippen molar-refractivity contribution in [1.82, 2.24) is 20.2 Å². The zero-order valence-corrected chi connectivity index (χ0v) is 10.0. The van der Waals surface area contributed by atoms with Gasteiger partial charge in [0.2, 0.25) is 5.95 Å². The molecule has 0 spiro atoms. The minimum atomic E-state index is 0.0408. The molecule has 2 fully saturated rings. The van der Waals surface area contributed by atoms with E-state index in [9.17, 15) is 4.79 Å². The Kier molecular flexibility index (Phi) is 2.75. The van der Waals surface area contributed by atoms with Crippen LogP contribution < -0.4 is 16.0 Å². The molecule has 2 amide bonds. The standard InChI is InChI=1S/C11H16N6O/c12-3-8-4-13-10(14-5-8)16-1-2-17-9(7-16)6-15-11(17)18/h4-5,9H,1-3,6-7,12H2,(H,15,18). The van der Waals surface area contributed by atoms with E-state index in [2.05, 4.69) is 20.2 Å². The molecule has 0 saturated carbocycles. The summed E-state index contributed by atoms with van der Waals surface area (Å²) in [5, 5.41) is 2.85. The molecule has 1 aromatic heterocycles. The highest BCUT2D eigenvalue weighted by atomic mass is 16.2. The molecule has 1 aromatic rings. The van der Waals surface area contributed by atoms with E-state index in [-0.39, 0.29) is 12.1 Å². The molecule has 18 heavy (non-hydrogen) atoms. The Morgan fingerprint density at radius 1 is 1.39 bits per heavy atom. The average Bonchev–Trinajstić information content (AvgIpc) is 2.80. The Bertz CT molecular complexity index is 447. The van der Waals surface area contributed by atoms with Gasteiger partial charge in [0.15, 0.2) is 0 Å². The topological polar surface area (TPSA) is 87.4 Å². The van der Waals surface area contributed by atoms with Crippen molar-refractivity contribution in [2.24, 2.45) is 5.73 Å². The van der Waals surface area contributed by atoms with Crippen LogP contribution in [0.5, 0.6) is 0 Å². The fourth-order valence-corrected chi connectivity index (χ4v) is 2.40. The van der Waals surface area contributed by atoms with Gasteiger partial charge in [-0.15, -0.1) is 0 Å². The number of amides is 2. The fraction of sp³-hybridized carbons (Fsp3) is 0.545. The van der Waals surface area contributed by atoms with E-state index in [1.807, 2.05) is 4.90 Å². The predicted molar refractivity (Wildman–Crippen MR) is 66.0 cm³/mol. The molecule has 0 radical (unpaired) electrons. The summed E-state index contributed by atoms with van der Waals surface area (Å²) in [4.78, 5) is 24.1. The molecular formula is C11H16N6O. The van der Waals surface area contributed by atoms with Crippen LogP contribution in [0.2, 0.25) is 0 Å².